The van der Waals surface area contributed by atoms with E-state index in [-0.39, 0.29) is 21.7 Å². The van der Waals surface area contributed by atoms with Crippen molar-refractivity contribution in [2.75, 3.05) is 19.0 Å². The van der Waals surface area contributed by atoms with E-state index in [1.165, 1.54) is 12.1 Å². The summed E-state index contributed by atoms with van der Waals surface area (Å²) in [5.41, 5.74) is 0.683. The van der Waals surface area contributed by atoms with Crippen molar-refractivity contribution in [1.29, 1.82) is 0 Å². The maximum atomic E-state index is 13.0. The molecule has 0 aliphatic rings. The van der Waals surface area contributed by atoms with E-state index in [0.29, 0.717) is 5.56 Å². The number of hydrogen-bond donors (Lipinski definition) is 0. The van der Waals surface area contributed by atoms with E-state index in [0.717, 1.165) is 8.95 Å². The van der Waals surface area contributed by atoms with Crippen molar-refractivity contribution in [3.63, 3.8) is 0 Å². The molecule has 5 nitrogen and oxygen atoms in total. The van der Waals surface area contributed by atoms with Gasteiger partial charge in [-0.15, -0.1) is 0 Å². The number of anilines is 1. The van der Waals surface area contributed by atoms with E-state index in [2.05, 4.69) is 36.8 Å². The molecule has 0 aliphatic carbocycles. The summed E-state index contributed by atoms with van der Waals surface area (Å²) in [6, 6.07) is 13.8. The molecular formula is C17H14Br2N2O3S. The van der Waals surface area contributed by atoms with E-state index in [1.807, 2.05) is 24.3 Å². The summed E-state index contributed by atoms with van der Waals surface area (Å²) >= 11 is 6.75. The van der Waals surface area contributed by atoms with Gasteiger partial charge in [-0.1, -0.05) is 28.1 Å². The van der Waals surface area contributed by atoms with E-state index in [9.17, 15) is 8.42 Å². The summed E-state index contributed by atoms with van der Waals surface area (Å²) in [6.45, 7) is 0. The summed E-state index contributed by atoms with van der Waals surface area (Å²) in [4.78, 5) is 6.05. The number of hydrogen-bond acceptors (Lipinski definition) is 5. The SMILES string of the molecule is CN(C)c1oc(-c2ccccc2Br)nc1S(=O)(=O)c1ccc(Br)cc1. The zero-order chi connectivity index (χ0) is 18.2. The van der Waals surface area contributed by atoms with E-state index in [1.54, 1.807) is 31.1 Å². The van der Waals surface area contributed by atoms with Crippen LogP contribution < -0.4 is 4.90 Å². The molecule has 2 aromatic carbocycles. The van der Waals surface area contributed by atoms with E-state index < -0.39 is 9.84 Å². The minimum atomic E-state index is -3.81. The molecule has 0 fully saturated rings. The van der Waals surface area contributed by atoms with Gasteiger partial charge in [0.15, 0.2) is 0 Å². The fourth-order valence-electron chi connectivity index (χ4n) is 2.23. The van der Waals surface area contributed by atoms with Gasteiger partial charge >= 0.3 is 0 Å². The second-order valence-corrected chi connectivity index (χ2v) is 9.10. The van der Waals surface area contributed by atoms with Gasteiger partial charge in [-0.05, 0) is 52.3 Å². The zero-order valence-corrected chi connectivity index (χ0v) is 17.4. The lowest BCUT2D eigenvalue weighted by Crippen LogP contribution is -2.13. The van der Waals surface area contributed by atoms with Crippen LogP contribution >= 0.6 is 31.9 Å². The minimum Gasteiger partial charge on any atom is -0.419 e. The first kappa shape index (κ1) is 18.2. The highest BCUT2D eigenvalue weighted by Crippen LogP contribution is 2.36. The maximum Gasteiger partial charge on any atom is 0.235 e. The largest absolute Gasteiger partial charge is 0.419 e. The van der Waals surface area contributed by atoms with Crippen molar-refractivity contribution in [2.45, 2.75) is 9.92 Å². The average molecular weight is 486 g/mol. The molecule has 130 valence electrons. The molecule has 1 aromatic heterocycles. The van der Waals surface area contributed by atoms with Crippen molar-refractivity contribution in [3.05, 3.63) is 57.5 Å². The molecular weight excluding hydrogens is 472 g/mol. The van der Waals surface area contributed by atoms with Crippen molar-refractivity contribution in [3.8, 4) is 11.5 Å². The molecule has 3 aromatic rings. The number of aromatic nitrogens is 1. The van der Waals surface area contributed by atoms with Crippen LogP contribution in [0.25, 0.3) is 11.5 Å². The highest BCUT2D eigenvalue weighted by Gasteiger charge is 2.29. The highest BCUT2D eigenvalue weighted by molar-refractivity contribution is 9.10. The van der Waals surface area contributed by atoms with Crippen LogP contribution in [0, 0.1) is 0 Å². The Kier molecular flexibility index (Phi) is 5.04. The third-order valence-corrected chi connectivity index (χ3v) is 6.36. The van der Waals surface area contributed by atoms with Gasteiger partial charge in [-0.2, -0.15) is 4.98 Å². The van der Waals surface area contributed by atoms with Crippen LogP contribution in [0.2, 0.25) is 0 Å². The highest BCUT2D eigenvalue weighted by atomic mass is 79.9. The Bertz CT molecular complexity index is 1010. The first-order chi connectivity index (χ1) is 11.8. The summed E-state index contributed by atoms with van der Waals surface area (Å²) in [5.74, 6) is 0.431. The van der Waals surface area contributed by atoms with Gasteiger partial charge in [0.1, 0.15) is 0 Å². The van der Waals surface area contributed by atoms with Gasteiger partial charge in [0.05, 0.1) is 10.5 Å². The zero-order valence-electron chi connectivity index (χ0n) is 13.4. The first-order valence-corrected chi connectivity index (χ1v) is 10.3. The van der Waals surface area contributed by atoms with Gasteiger partial charge in [-0.25, -0.2) is 8.42 Å². The number of sulfone groups is 1. The van der Waals surface area contributed by atoms with Crippen LogP contribution in [0.1, 0.15) is 0 Å². The number of halogens is 2. The number of benzene rings is 2. The van der Waals surface area contributed by atoms with Gasteiger partial charge < -0.3 is 9.32 Å². The molecule has 0 spiro atoms. The Hall–Kier alpha value is -1.64. The normalized spacial score (nSPS) is 11.5. The van der Waals surface area contributed by atoms with Gasteiger partial charge in [0.25, 0.3) is 0 Å². The predicted molar refractivity (Wildman–Crippen MR) is 104 cm³/mol. The first-order valence-electron chi connectivity index (χ1n) is 7.24. The van der Waals surface area contributed by atoms with Crippen molar-refractivity contribution in [2.24, 2.45) is 0 Å². The average Bonchev–Trinajstić information content (AvgIpc) is 3.02. The van der Waals surface area contributed by atoms with Crippen LogP contribution in [0.4, 0.5) is 5.88 Å². The smallest absolute Gasteiger partial charge is 0.235 e. The van der Waals surface area contributed by atoms with Crippen molar-refractivity contribution in [1.82, 2.24) is 4.98 Å². The molecule has 0 atom stereocenters. The Morgan fingerprint density at radius 3 is 2.24 bits per heavy atom. The Morgan fingerprint density at radius 1 is 1.00 bits per heavy atom. The second-order valence-electron chi connectivity index (χ2n) is 5.46. The third kappa shape index (κ3) is 3.51. The molecule has 25 heavy (non-hydrogen) atoms. The number of nitrogens with zero attached hydrogens (tertiary/aromatic N) is 2. The van der Waals surface area contributed by atoms with Crippen LogP contribution in [-0.2, 0) is 9.84 Å². The lowest BCUT2D eigenvalue weighted by Gasteiger charge is -2.10. The molecule has 0 saturated heterocycles. The molecule has 0 saturated carbocycles. The monoisotopic (exact) mass is 484 g/mol. The molecule has 0 amide bonds. The third-order valence-electron chi connectivity index (χ3n) is 3.47. The lowest BCUT2D eigenvalue weighted by atomic mass is 10.2. The summed E-state index contributed by atoms with van der Waals surface area (Å²) in [5, 5.41) is -0.106. The van der Waals surface area contributed by atoms with E-state index in [4.69, 9.17) is 4.42 Å². The molecule has 0 radical (unpaired) electrons. The maximum absolute atomic E-state index is 13.0. The van der Waals surface area contributed by atoms with Gasteiger partial charge in [0, 0.05) is 23.0 Å². The van der Waals surface area contributed by atoms with Gasteiger partial charge in [0.2, 0.25) is 26.6 Å². The Labute approximate surface area is 162 Å². The molecule has 1 heterocycles. The van der Waals surface area contributed by atoms with E-state index >= 15 is 0 Å². The summed E-state index contributed by atoms with van der Waals surface area (Å²) < 4.78 is 33.4. The molecule has 0 unspecified atom stereocenters. The minimum absolute atomic E-state index is 0.106. The number of rotatable bonds is 4. The lowest BCUT2D eigenvalue weighted by molar-refractivity contribution is 0.564. The van der Waals surface area contributed by atoms with Crippen LogP contribution in [0.5, 0.6) is 0 Å². The van der Waals surface area contributed by atoms with Gasteiger partial charge in [-0.3, -0.25) is 0 Å². The Balaban J connectivity index is 2.19. The van der Waals surface area contributed by atoms with Crippen LogP contribution in [0.15, 0.2) is 71.8 Å². The molecule has 8 heteroatoms. The summed E-state index contributed by atoms with van der Waals surface area (Å²) in [6.07, 6.45) is 0. The van der Waals surface area contributed by atoms with Crippen LogP contribution in [-0.4, -0.2) is 27.5 Å². The molecule has 0 bridgehead atoms. The molecule has 3 rings (SSSR count). The van der Waals surface area contributed by atoms with Crippen molar-refractivity contribution >= 4 is 47.6 Å². The Morgan fingerprint density at radius 2 is 1.64 bits per heavy atom. The quantitative estimate of drug-likeness (QED) is 0.532. The fourth-order valence-corrected chi connectivity index (χ4v) is 4.32. The summed E-state index contributed by atoms with van der Waals surface area (Å²) in [7, 11) is -0.388. The number of oxazole rings is 1. The van der Waals surface area contributed by atoms with Crippen LogP contribution in [0.3, 0.4) is 0 Å². The molecule has 0 N–H and O–H groups in total. The van der Waals surface area contributed by atoms with Crippen molar-refractivity contribution < 1.29 is 12.8 Å². The standard InChI is InChI=1S/C17H14Br2N2O3S/c1-21(2)17-16(25(22,23)12-9-7-11(18)8-10-12)20-15(24-17)13-5-3-4-6-14(13)19/h3-10H,1-2H3. The molecule has 0 aliphatic heterocycles. The fraction of sp³-hybridized carbons (Fsp3) is 0.118. The second kappa shape index (κ2) is 6.93. The predicted octanol–water partition coefficient (Wildman–Crippen LogP) is 4.77. The topological polar surface area (TPSA) is 63.4 Å².